The SMILES string of the molecule is CC1c2ccc(CN)c(O)c2C(=O)C2=C(O)C3(O)C(=O)C(C(N)=O)=C(O)C(N(C)C)C3C(O)C21. The first-order valence-corrected chi connectivity index (χ1v) is 10.7. The lowest BCUT2D eigenvalue weighted by Crippen LogP contribution is -2.68. The van der Waals surface area contributed by atoms with E-state index in [1.165, 1.54) is 19.0 Å². The Morgan fingerprint density at radius 2 is 1.79 bits per heavy atom. The van der Waals surface area contributed by atoms with Gasteiger partial charge in [0.2, 0.25) is 5.78 Å². The van der Waals surface area contributed by atoms with Crippen molar-refractivity contribution in [2.45, 2.75) is 37.1 Å². The third-order valence-electron chi connectivity index (χ3n) is 7.43. The molecule has 3 aliphatic rings. The second kappa shape index (κ2) is 7.64. The van der Waals surface area contributed by atoms with E-state index in [9.17, 15) is 39.9 Å². The van der Waals surface area contributed by atoms with E-state index in [2.05, 4.69) is 0 Å². The average molecular weight is 473 g/mol. The van der Waals surface area contributed by atoms with Gasteiger partial charge in [0, 0.05) is 23.6 Å². The van der Waals surface area contributed by atoms with Gasteiger partial charge in [0.1, 0.15) is 22.8 Å². The number of primary amides is 1. The van der Waals surface area contributed by atoms with Gasteiger partial charge in [-0.3, -0.25) is 19.3 Å². The van der Waals surface area contributed by atoms with Crippen LogP contribution in [-0.2, 0) is 16.1 Å². The van der Waals surface area contributed by atoms with E-state index in [1.807, 2.05) is 0 Å². The number of phenols is 1. The van der Waals surface area contributed by atoms with Crippen LogP contribution in [0.25, 0.3) is 0 Å². The van der Waals surface area contributed by atoms with Gasteiger partial charge in [0.15, 0.2) is 11.4 Å². The van der Waals surface area contributed by atoms with Gasteiger partial charge in [-0.25, -0.2) is 0 Å². The van der Waals surface area contributed by atoms with E-state index in [4.69, 9.17) is 11.5 Å². The number of Topliss-reactive ketones (excluding diaryl/α,β-unsaturated/α-hetero) is 2. The Labute approximate surface area is 194 Å². The van der Waals surface area contributed by atoms with Crippen molar-refractivity contribution >= 4 is 17.5 Å². The largest absolute Gasteiger partial charge is 0.510 e. The van der Waals surface area contributed by atoms with Crippen molar-refractivity contribution in [3.8, 4) is 5.75 Å². The molecule has 0 bridgehead atoms. The highest BCUT2D eigenvalue weighted by Crippen LogP contribution is 2.55. The number of ketones is 2. The van der Waals surface area contributed by atoms with Crippen molar-refractivity contribution in [3.05, 3.63) is 51.5 Å². The highest BCUT2D eigenvalue weighted by Gasteiger charge is 2.67. The van der Waals surface area contributed by atoms with Gasteiger partial charge in [-0.05, 0) is 25.6 Å². The summed E-state index contributed by atoms with van der Waals surface area (Å²) in [5.74, 6) is -9.11. The Bertz CT molecular complexity index is 1200. The molecule has 0 saturated carbocycles. The van der Waals surface area contributed by atoms with Crippen LogP contribution in [0.1, 0.15) is 34.3 Å². The highest BCUT2D eigenvalue weighted by atomic mass is 16.4. The van der Waals surface area contributed by atoms with E-state index >= 15 is 0 Å². The third-order valence-corrected chi connectivity index (χ3v) is 7.43. The lowest BCUT2D eigenvalue weighted by molar-refractivity contribution is -0.162. The van der Waals surface area contributed by atoms with Crippen LogP contribution in [0.4, 0.5) is 0 Å². The maximum Gasteiger partial charge on any atom is 0.255 e. The van der Waals surface area contributed by atoms with Crippen molar-refractivity contribution in [2.75, 3.05) is 14.1 Å². The summed E-state index contributed by atoms with van der Waals surface area (Å²) in [6.45, 7) is 1.59. The molecule has 4 rings (SSSR count). The fraction of sp³-hybridized carbons (Fsp3) is 0.435. The lowest BCUT2D eigenvalue weighted by Gasteiger charge is -2.53. The normalized spacial score (nSPS) is 33.1. The van der Waals surface area contributed by atoms with Crippen molar-refractivity contribution in [1.82, 2.24) is 4.90 Å². The van der Waals surface area contributed by atoms with E-state index in [0.717, 1.165) is 0 Å². The molecule has 1 aromatic carbocycles. The van der Waals surface area contributed by atoms with Gasteiger partial charge in [-0.15, -0.1) is 0 Å². The fourth-order valence-electron chi connectivity index (χ4n) is 5.83. The van der Waals surface area contributed by atoms with Gasteiger partial charge in [0.25, 0.3) is 5.91 Å². The van der Waals surface area contributed by atoms with Crippen molar-refractivity contribution < 1.29 is 39.9 Å². The van der Waals surface area contributed by atoms with Crippen LogP contribution in [0.2, 0.25) is 0 Å². The summed E-state index contributed by atoms with van der Waals surface area (Å²) in [5, 5.41) is 55.7. The number of nitrogens with two attached hydrogens (primary N) is 2. The van der Waals surface area contributed by atoms with Crippen LogP contribution in [0.15, 0.2) is 34.8 Å². The Morgan fingerprint density at radius 3 is 2.32 bits per heavy atom. The van der Waals surface area contributed by atoms with Crippen LogP contribution in [0, 0.1) is 11.8 Å². The van der Waals surface area contributed by atoms with E-state index in [-0.39, 0.29) is 17.7 Å². The van der Waals surface area contributed by atoms with E-state index in [1.54, 1.807) is 19.1 Å². The molecule has 0 radical (unpaired) electrons. The number of amides is 1. The van der Waals surface area contributed by atoms with Gasteiger partial charge in [-0.2, -0.15) is 0 Å². The predicted molar refractivity (Wildman–Crippen MR) is 118 cm³/mol. The third kappa shape index (κ3) is 2.75. The number of aliphatic hydroxyl groups excluding tert-OH is 3. The minimum atomic E-state index is -2.93. The molecule has 3 aliphatic carbocycles. The molecule has 1 amide bonds. The van der Waals surface area contributed by atoms with Crippen LogP contribution >= 0.6 is 0 Å². The van der Waals surface area contributed by atoms with Gasteiger partial charge < -0.3 is 37.0 Å². The maximum absolute atomic E-state index is 13.5. The summed E-state index contributed by atoms with van der Waals surface area (Å²) in [5.41, 5.74) is 7.14. The number of benzene rings is 1. The summed E-state index contributed by atoms with van der Waals surface area (Å²) in [7, 11) is 2.96. The standard InChI is InChI=1S/C23H27N3O8/c1-7-9-5-4-8(6-24)16(27)11(9)17(28)12-10(7)18(29)14-15(26(2)3)19(30)13(22(25)33)21(32)23(14,34)20(12)31/h4-5,7,10,14-15,18,27,29-31,34H,6,24H2,1-3H3,(H2,25,33). The number of fused-ring (bicyclic) bond motifs is 3. The zero-order chi connectivity index (χ0) is 25.4. The number of carbonyl (C=O) groups excluding carboxylic acids is 3. The highest BCUT2D eigenvalue weighted by molar-refractivity contribution is 6.25. The number of aliphatic hydroxyl groups is 4. The molecule has 9 N–H and O–H groups in total. The minimum Gasteiger partial charge on any atom is -0.510 e. The number of nitrogens with zero attached hydrogens (tertiary/aromatic N) is 1. The molecular formula is C23H27N3O8. The molecule has 182 valence electrons. The second-order valence-electron chi connectivity index (χ2n) is 9.29. The average Bonchev–Trinajstić information content (AvgIpc) is 2.75. The van der Waals surface area contributed by atoms with Crippen LogP contribution in [-0.4, -0.2) is 79.7 Å². The lowest BCUT2D eigenvalue weighted by atomic mass is 9.55. The monoisotopic (exact) mass is 473 g/mol. The molecule has 34 heavy (non-hydrogen) atoms. The summed E-state index contributed by atoms with van der Waals surface area (Å²) in [6.07, 6.45) is -1.62. The molecule has 1 aromatic rings. The topological polar surface area (TPSA) is 208 Å². The zero-order valence-corrected chi connectivity index (χ0v) is 18.8. The molecule has 6 unspecified atom stereocenters. The van der Waals surface area contributed by atoms with Crippen LogP contribution in [0.3, 0.4) is 0 Å². The van der Waals surface area contributed by atoms with Crippen molar-refractivity contribution in [1.29, 1.82) is 0 Å². The fourth-order valence-corrected chi connectivity index (χ4v) is 5.83. The summed E-state index contributed by atoms with van der Waals surface area (Å²) >= 11 is 0. The summed E-state index contributed by atoms with van der Waals surface area (Å²) in [4.78, 5) is 40.2. The molecule has 6 atom stereocenters. The molecule has 0 fully saturated rings. The second-order valence-corrected chi connectivity index (χ2v) is 9.29. The Balaban J connectivity index is 2.05. The Morgan fingerprint density at radius 1 is 1.18 bits per heavy atom. The molecule has 0 aliphatic heterocycles. The first kappa shape index (κ1) is 23.9. The number of hydrogen-bond acceptors (Lipinski definition) is 10. The first-order valence-electron chi connectivity index (χ1n) is 10.7. The number of phenolic OH excluding ortho intramolecular Hbond substituents is 1. The first-order chi connectivity index (χ1) is 15.8. The number of hydrogen-bond donors (Lipinski definition) is 7. The summed E-state index contributed by atoms with van der Waals surface area (Å²) < 4.78 is 0. The van der Waals surface area contributed by atoms with Crippen molar-refractivity contribution in [2.24, 2.45) is 23.3 Å². The van der Waals surface area contributed by atoms with E-state index < -0.39 is 81.4 Å². The Kier molecular flexibility index (Phi) is 5.37. The molecule has 0 spiro atoms. The van der Waals surface area contributed by atoms with Crippen LogP contribution in [0.5, 0.6) is 5.75 Å². The van der Waals surface area contributed by atoms with Gasteiger partial charge in [-0.1, -0.05) is 19.1 Å². The van der Waals surface area contributed by atoms with E-state index in [0.29, 0.717) is 5.56 Å². The number of rotatable bonds is 3. The maximum atomic E-state index is 13.5. The van der Waals surface area contributed by atoms with Gasteiger partial charge in [0.05, 0.1) is 23.6 Å². The van der Waals surface area contributed by atoms with Crippen LogP contribution < -0.4 is 11.5 Å². The number of likely N-dealkylation sites (N-methyl/N-ethyl adjacent to an activating group) is 1. The molecule has 0 heterocycles. The Hall–Kier alpha value is -3.25. The molecule has 0 aromatic heterocycles. The van der Waals surface area contributed by atoms with Gasteiger partial charge >= 0.3 is 0 Å². The molecular weight excluding hydrogens is 446 g/mol. The van der Waals surface area contributed by atoms with Crippen molar-refractivity contribution in [3.63, 3.8) is 0 Å². The smallest absolute Gasteiger partial charge is 0.255 e. The molecule has 11 nitrogen and oxygen atoms in total. The predicted octanol–water partition coefficient (Wildman–Crippen LogP) is -0.889. The zero-order valence-electron chi connectivity index (χ0n) is 18.8. The molecule has 0 saturated heterocycles. The number of carbonyl (C=O) groups is 3. The quantitative estimate of drug-likeness (QED) is 0.269. The molecule has 11 heteroatoms. The minimum absolute atomic E-state index is 0.0705. The summed E-state index contributed by atoms with van der Waals surface area (Å²) in [6, 6.07) is 1.86. The number of aromatic hydroxyl groups is 1.